The van der Waals surface area contributed by atoms with Crippen LogP contribution in [-0.4, -0.2) is 49.3 Å². The minimum Gasteiger partial charge on any atom is -0.395 e. The van der Waals surface area contributed by atoms with E-state index in [4.69, 9.17) is 0 Å². The number of nitrogens with zero attached hydrogens (tertiary/aromatic N) is 5. The third-order valence-corrected chi connectivity index (χ3v) is 4.22. The van der Waals surface area contributed by atoms with E-state index in [0.717, 1.165) is 11.1 Å². The lowest BCUT2D eigenvalue weighted by atomic mass is 10.1. The molecule has 1 amide bonds. The lowest BCUT2D eigenvalue weighted by Crippen LogP contribution is -2.33. The van der Waals surface area contributed by atoms with Crippen LogP contribution in [0.1, 0.15) is 35.8 Å². The van der Waals surface area contributed by atoms with Gasteiger partial charge >= 0.3 is 0 Å². The van der Waals surface area contributed by atoms with E-state index < -0.39 is 0 Å². The third-order valence-electron chi connectivity index (χ3n) is 4.22. The van der Waals surface area contributed by atoms with Crippen molar-refractivity contribution < 1.29 is 9.90 Å². The summed E-state index contributed by atoms with van der Waals surface area (Å²) in [6.07, 6.45) is 0. The van der Waals surface area contributed by atoms with E-state index in [0.29, 0.717) is 17.9 Å². The fourth-order valence-electron chi connectivity index (χ4n) is 2.88. The van der Waals surface area contributed by atoms with Crippen molar-refractivity contribution in [2.45, 2.75) is 26.4 Å². The highest BCUT2D eigenvalue weighted by molar-refractivity contribution is 5.95. The molecule has 0 saturated carbocycles. The molecule has 7 nitrogen and oxygen atoms in total. The number of aliphatic hydroxyl groups is 1. The molecule has 140 valence electrons. The van der Waals surface area contributed by atoms with E-state index in [1.165, 1.54) is 0 Å². The van der Waals surface area contributed by atoms with Crippen molar-refractivity contribution >= 4 is 5.91 Å². The molecule has 27 heavy (non-hydrogen) atoms. The summed E-state index contributed by atoms with van der Waals surface area (Å²) in [4.78, 5) is 14.7. The maximum atomic E-state index is 13.0. The predicted octanol–water partition coefficient (Wildman–Crippen LogP) is 2.56. The first-order chi connectivity index (χ1) is 13.1. The molecule has 7 heteroatoms. The van der Waals surface area contributed by atoms with Crippen molar-refractivity contribution in [3.63, 3.8) is 0 Å². The summed E-state index contributed by atoms with van der Waals surface area (Å²) in [5.41, 5.74) is 2.33. The second-order valence-corrected chi connectivity index (χ2v) is 6.56. The number of aliphatic hydroxyl groups excluding tert-OH is 1. The summed E-state index contributed by atoms with van der Waals surface area (Å²) in [5, 5.41) is 21.2. The van der Waals surface area contributed by atoms with Crippen LogP contribution >= 0.6 is 0 Å². The molecule has 3 aromatic rings. The van der Waals surface area contributed by atoms with Gasteiger partial charge < -0.3 is 10.0 Å². The van der Waals surface area contributed by atoms with Crippen LogP contribution in [0, 0.1) is 0 Å². The summed E-state index contributed by atoms with van der Waals surface area (Å²) in [5.74, 6) is 0.481. The van der Waals surface area contributed by atoms with Crippen molar-refractivity contribution in [1.29, 1.82) is 0 Å². The van der Waals surface area contributed by atoms with E-state index in [1.807, 2.05) is 56.3 Å². The Bertz CT molecular complexity index is 892. The molecule has 0 radical (unpaired) electrons. The molecule has 1 heterocycles. The second-order valence-electron chi connectivity index (χ2n) is 6.56. The number of rotatable bonds is 7. The zero-order chi connectivity index (χ0) is 19.2. The molecule has 0 spiro atoms. The van der Waals surface area contributed by atoms with Gasteiger partial charge in [-0.3, -0.25) is 4.79 Å². The Labute approximate surface area is 158 Å². The molecular weight excluding hydrogens is 342 g/mol. The summed E-state index contributed by atoms with van der Waals surface area (Å²) in [6.45, 7) is 4.61. The number of aromatic nitrogens is 4. The van der Waals surface area contributed by atoms with Crippen LogP contribution in [0.4, 0.5) is 0 Å². The normalized spacial score (nSPS) is 11.0. The van der Waals surface area contributed by atoms with Crippen LogP contribution in [-0.2, 0) is 6.54 Å². The minimum atomic E-state index is -0.140. The molecule has 2 aromatic carbocycles. The highest BCUT2D eigenvalue weighted by atomic mass is 16.3. The van der Waals surface area contributed by atoms with Gasteiger partial charge in [0.1, 0.15) is 0 Å². The Morgan fingerprint density at radius 1 is 1.15 bits per heavy atom. The Kier molecular flexibility index (Phi) is 5.93. The van der Waals surface area contributed by atoms with Gasteiger partial charge in [-0.05, 0) is 42.0 Å². The smallest absolute Gasteiger partial charge is 0.254 e. The van der Waals surface area contributed by atoms with Crippen LogP contribution < -0.4 is 0 Å². The first kappa shape index (κ1) is 18.7. The Morgan fingerprint density at radius 3 is 2.63 bits per heavy atom. The van der Waals surface area contributed by atoms with E-state index in [-0.39, 0.29) is 25.1 Å². The number of hydrogen-bond acceptors (Lipinski definition) is 5. The molecule has 0 unspecified atom stereocenters. The second kappa shape index (κ2) is 8.55. The van der Waals surface area contributed by atoms with E-state index in [1.54, 1.807) is 21.7 Å². The minimum absolute atomic E-state index is 0.0934. The molecule has 0 fully saturated rings. The monoisotopic (exact) mass is 365 g/mol. The van der Waals surface area contributed by atoms with Crippen LogP contribution in [0.5, 0.6) is 0 Å². The van der Waals surface area contributed by atoms with Gasteiger partial charge in [-0.15, -0.1) is 5.10 Å². The average Bonchev–Trinajstić information content (AvgIpc) is 3.18. The molecule has 1 N–H and O–H groups in total. The van der Waals surface area contributed by atoms with Gasteiger partial charge in [0.15, 0.2) is 5.82 Å². The Morgan fingerprint density at radius 2 is 1.93 bits per heavy atom. The number of amides is 1. The molecule has 0 atom stereocenters. The fraction of sp³-hybridized carbons (Fsp3) is 0.300. The molecule has 0 aliphatic rings. The Hall–Kier alpha value is -3.06. The molecule has 0 aliphatic heterocycles. The lowest BCUT2D eigenvalue weighted by Gasteiger charge is -2.22. The predicted molar refractivity (Wildman–Crippen MR) is 102 cm³/mol. The number of carbonyl (C=O) groups excluding carboxylic acids is 1. The maximum absolute atomic E-state index is 13.0. The summed E-state index contributed by atoms with van der Waals surface area (Å²) < 4.78 is 1.72. The quantitative estimate of drug-likeness (QED) is 0.696. The van der Waals surface area contributed by atoms with E-state index in [2.05, 4.69) is 15.5 Å². The van der Waals surface area contributed by atoms with Crippen molar-refractivity contribution in [3.8, 4) is 11.4 Å². The van der Waals surface area contributed by atoms with Gasteiger partial charge in [-0.1, -0.05) is 42.5 Å². The first-order valence-corrected chi connectivity index (χ1v) is 8.92. The van der Waals surface area contributed by atoms with Crippen LogP contribution in [0.3, 0.4) is 0 Å². The van der Waals surface area contributed by atoms with Crippen molar-refractivity contribution in [2.75, 3.05) is 13.2 Å². The number of benzene rings is 2. The van der Waals surface area contributed by atoms with Crippen LogP contribution in [0.25, 0.3) is 11.4 Å². The highest BCUT2D eigenvalue weighted by Crippen LogP contribution is 2.21. The van der Waals surface area contributed by atoms with Gasteiger partial charge in [0.2, 0.25) is 0 Å². The molecule has 1 aromatic heterocycles. The standard InChI is InChI=1S/C20H23N5O2/c1-15(2)25-19(21-22-23-25)17-9-6-10-18(13-17)20(27)24(11-12-26)14-16-7-4-3-5-8-16/h3-10,13,15,26H,11-12,14H2,1-2H3. The van der Waals surface area contributed by atoms with Crippen molar-refractivity contribution in [2.24, 2.45) is 0 Å². The molecule has 0 bridgehead atoms. The van der Waals surface area contributed by atoms with Gasteiger partial charge in [0.25, 0.3) is 5.91 Å². The molecule has 3 rings (SSSR count). The van der Waals surface area contributed by atoms with Gasteiger partial charge in [0.05, 0.1) is 12.6 Å². The maximum Gasteiger partial charge on any atom is 0.254 e. The molecule has 0 aliphatic carbocycles. The topological polar surface area (TPSA) is 84.1 Å². The number of carbonyl (C=O) groups is 1. The molecular formula is C20H23N5O2. The summed E-state index contributed by atoms with van der Waals surface area (Å²) in [7, 11) is 0. The van der Waals surface area contributed by atoms with E-state index >= 15 is 0 Å². The van der Waals surface area contributed by atoms with Gasteiger partial charge in [0, 0.05) is 24.2 Å². The zero-order valence-corrected chi connectivity index (χ0v) is 15.5. The van der Waals surface area contributed by atoms with E-state index in [9.17, 15) is 9.90 Å². The summed E-state index contributed by atoms with van der Waals surface area (Å²) in [6, 6.07) is 17.1. The highest BCUT2D eigenvalue weighted by Gasteiger charge is 2.18. The first-order valence-electron chi connectivity index (χ1n) is 8.92. The van der Waals surface area contributed by atoms with Crippen molar-refractivity contribution in [3.05, 3.63) is 65.7 Å². The zero-order valence-electron chi connectivity index (χ0n) is 15.5. The third kappa shape index (κ3) is 4.38. The largest absolute Gasteiger partial charge is 0.395 e. The van der Waals surface area contributed by atoms with Crippen molar-refractivity contribution in [1.82, 2.24) is 25.1 Å². The lowest BCUT2D eigenvalue weighted by molar-refractivity contribution is 0.0708. The van der Waals surface area contributed by atoms with Crippen LogP contribution in [0.15, 0.2) is 54.6 Å². The summed E-state index contributed by atoms with van der Waals surface area (Å²) >= 11 is 0. The SMILES string of the molecule is CC(C)n1nnnc1-c1cccc(C(=O)N(CCO)Cc2ccccc2)c1. The van der Waals surface area contributed by atoms with Gasteiger partial charge in [-0.2, -0.15) is 0 Å². The Balaban J connectivity index is 1.88. The van der Waals surface area contributed by atoms with Crippen LogP contribution in [0.2, 0.25) is 0 Å². The number of tetrazole rings is 1. The number of hydrogen-bond donors (Lipinski definition) is 1. The average molecular weight is 365 g/mol. The molecule has 0 saturated heterocycles. The fourth-order valence-corrected chi connectivity index (χ4v) is 2.88. The van der Waals surface area contributed by atoms with Gasteiger partial charge in [-0.25, -0.2) is 4.68 Å².